The second-order valence-electron chi connectivity index (χ2n) is 8.04. The molecule has 1 atom stereocenters. The van der Waals surface area contributed by atoms with Crippen molar-refractivity contribution < 1.29 is 14.3 Å². The van der Waals surface area contributed by atoms with Crippen LogP contribution in [0.1, 0.15) is 39.7 Å². The van der Waals surface area contributed by atoms with Crippen LogP contribution in [0.25, 0.3) is 0 Å². The first-order valence-electron chi connectivity index (χ1n) is 9.84. The Bertz CT molecular complexity index is 866. The summed E-state index contributed by atoms with van der Waals surface area (Å²) in [4.78, 5) is 27.6. The van der Waals surface area contributed by atoms with Crippen LogP contribution in [0.4, 0.5) is 0 Å². The lowest BCUT2D eigenvalue weighted by Crippen LogP contribution is -2.54. The van der Waals surface area contributed by atoms with Crippen molar-refractivity contribution in [1.29, 1.82) is 0 Å². The van der Waals surface area contributed by atoms with Crippen LogP contribution < -0.4 is 10.1 Å². The van der Waals surface area contributed by atoms with Crippen LogP contribution in [0.5, 0.6) is 5.75 Å². The first-order chi connectivity index (χ1) is 14.1. The molecule has 5 nitrogen and oxygen atoms in total. The first-order valence-corrected chi connectivity index (χ1v) is 10.6. The summed E-state index contributed by atoms with van der Waals surface area (Å²) in [5.41, 5.74) is 0.364. The van der Waals surface area contributed by atoms with Crippen molar-refractivity contribution in [2.24, 2.45) is 0 Å². The lowest BCUT2D eigenvalue weighted by Gasteiger charge is -2.33. The van der Waals surface area contributed by atoms with Gasteiger partial charge in [-0.1, -0.05) is 54.4 Å². The van der Waals surface area contributed by atoms with E-state index in [1.807, 2.05) is 45.9 Å². The molecule has 0 saturated carbocycles. The standard InChI is InChI=1S/C23H28Cl2N2O3/c1-5-20(22(29)26-23(2,3)4)27(14-16-11-12-18(24)19(25)13-16)21(28)15-30-17-9-7-6-8-10-17/h6-13,20H,5,14-15H2,1-4H3,(H,26,29). The minimum Gasteiger partial charge on any atom is -0.484 e. The number of hydrogen-bond acceptors (Lipinski definition) is 3. The fourth-order valence-electron chi connectivity index (χ4n) is 2.95. The third-order valence-electron chi connectivity index (χ3n) is 4.33. The van der Waals surface area contributed by atoms with E-state index in [1.54, 1.807) is 30.3 Å². The molecular weight excluding hydrogens is 423 g/mol. The number of benzene rings is 2. The molecule has 162 valence electrons. The second-order valence-corrected chi connectivity index (χ2v) is 8.85. The Balaban J connectivity index is 2.25. The summed E-state index contributed by atoms with van der Waals surface area (Å²) in [6, 6.07) is 13.6. The molecule has 0 radical (unpaired) electrons. The van der Waals surface area contributed by atoms with Crippen molar-refractivity contribution in [3.63, 3.8) is 0 Å². The third-order valence-corrected chi connectivity index (χ3v) is 5.07. The van der Waals surface area contributed by atoms with Gasteiger partial charge in [0, 0.05) is 12.1 Å². The topological polar surface area (TPSA) is 58.6 Å². The minimum atomic E-state index is -0.648. The number of carbonyl (C=O) groups is 2. The van der Waals surface area contributed by atoms with Gasteiger partial charge < -0.3 is 15.0 Å². The van der Waals surface area contributed by atoms with Gasteiger partial charge in [0.25, 0.3) is 5.91 Å². The summed E-state index contributed by atoms with van der Waals surface area (Å²) in [5, 5.41) is 3.80. The van der Waals surface area contributed by atoms with E-state index in [0.29, 0.717) is 22.2 Å². The Morgan fingerprint density at radius 3 is 2.30 bits per heavy atom. The van der Waals surface area contributed by atoms with E-state index in [0.717, 1.165) is 5.56 Å². The minimum absolute atomic E-state index is 0.176. The zero-order valence-electron chi connectivity index (χ0n) is 17.7. The van der Waals surface area contributed by atoms with E-state index in [1.165, 1.54) is 4.90 Å². The van der Waals surface area contributed by atoms with E-state index in [-0.39, 0.29) is 25.0 Å². The highest BCUT2D eigenvalue weighted by Crippen LogP contribution is 2.24. The maximum Gasteiger partial charge on any atom is 0.261 e. The van der Waals surface area contributed by atoms with E-state index in [4.69, 9.17) is 27.9 Å². The average Bonchev–Trinajstić information content (AvgIpc) is 2.68. The maximum absolute atomic E-state index is 13.1. The number of halogens is 2. The van der Waals surface area contributed by atoms with Crippen LogP contribution in [0.15, 0.2) is 48.5 Å². The van der Waals surface area contributed by atoms with Gasteiger partial charge in [0.05, 0.1) is 10.0 Å². The normalized spacial score (nSPS) is 12.2. The van der Waals surface area contributed by atoms with Crippen molar-refractivity contribution in [3.05, 3.63) is 64.1 Å². The molecule has 1 unspecified atom stereocenters. The largest absolute Gasteiger partial charge is 0.484 e. The van der Waals surface area contributed by atoms with Crippen LogP contribution in [0, 0.1) is 0 Å². The molecule has 1 N–H and O–H groups in total. The summed E-state index contributed by atoms with van der Waals surface area (Å²) >= 11 is 12.2. The summed E-state index contributed by atoms with van der Waals surface area (Å²) in [5.74, 6) is 0.0893. The van der Waals surface area contributed by atoms with Crippen LogP contribution in [0.2, 0.25) is 10.0 Å². The molecule has 7 heteroatoms. The van der Waals surface area contributed by atoms with Gasteiger partial charge >= 0.3 is 0 Å². The van der Waals surface area contributed by atoms with E-state index in [2.05, 4.69) is 5.32 Å². The lowest BCUT2D eigenvalue weighted by molar-refractivity contribution is -0.143. The molecule has 0 spiro atoms. The van der Waals surface area contributed by atoms with E-state index >= 15 is 0 Å². The maximum atomic E-state index is 13.1. The van der Waals surface area contributed by atoms with Crippen molar-refractivity contribution in [3.8, 4) is 5.75 Å². The van der Waals surface area contributed by atoms with Gasteiger partial charge in [-0.3, -0.25) is 9.59 Å². The van der Waals surface area contributed by atoms with Gasteiger partial charge in [0.15, 0.2) is 6.61 Å². The highest BCUT2D eigenvalue weighted by atomic mass is 35.5. The zero-order valence-corrected chi connectivity index (χ0v) is 19.3. The molecule has 2 aromatic rings. The Morgan fingerprint density at radius 2 is 1.73 bits per heavy atom. The van der Waals surface area contributed by atoms with Gasteiger partial charge in [0.2, 0.25) is 5.91 Å². The molecule has 0 heterocycles. The second kappa shape index (κ2) is 10.7. The Morgan fingerprint density at radius 1 is 1.07 bits per heavy atom. The van der Waals surface area contributed by atoms with E-state index in [9.17, 15) is 9.59 Å². The Kier molecular flexibility index (Phi) is 8.56. The molecule has 2 amide bonds. The predicted molar refractivity (Wildman–Crippen MR) is 121 cm³/mol. The monoisotopic (exact) mass is 450 g/mol. The summed E-state index contributed by atoms with van der Waals surface area (Å²) in [7, 11) is 0. The molecule has 2 rings (SSSR count). The van der Waals surface area contributed by atoms with Crippen LogP contribution >= 0.6 is 23.2 Å². The van der Waals surface area contributed by atoms with Crippen LogP contribution in [0.3, 0.4) is 0 Å². The van der Waals surface area contributed by atoms with Crippen molar-refractivity contribution in [2.75, 3.05) is 6.61 Å². The smallest absolute Gasteiger partial charge is 0.261 e. The number of nitrogens with one attached hydrogen (secondary N) is 1. The number of para-hydroxylation sites is 1. The van der Waals surface area contributed by atoms with Gasteiger partial charge in [-0.2, -0.15) is 0 Å². The van der Waals surface area contributed by atoms with Gasteiger partial charge in [-0.15, -0.1) is 0 Å². The fourth-order valence-corrected chi connectivity index (χ4v) is 3.27. The number of hydrogen-bond donors (Lipinski definition) is 1. The molecule has 0 aliphatic rings. The molecule has 0 aliphatic heterocycles. The number of nitrogens with zero attached hydrogens (tertiary/aromatic N) is 1. The predicted octanol–water partition coefficient (Wildman–Crippen LogP) is 5.09. The summed E-state index contributed by atoms with van der Waals surface area (Å²) < 4.78 is 5.63. The lowest BCUT2D eigenvalue weighted by atomic mass is 10.1. The molecular formula is C23H28Cl2N2O3. The zero-order chi connectivity index (χ0) is 22.3. The fraction of sp³-hybridized carbons (Fsp3) is 0.391. The molecule has 0 aliphatic carbocycles. The summed E-state index contributed by atoms with van der Waals surface area (Å²) in [6.07, 6.45) is 0.459. The van der Waals surface area contributed by atoms with Gasteiger partial charge in [-0.25, -0.2) is 0 Å². The van der Waals surface area contributed by atoms with Crippen LogP contribution in [-0.4, -0.2) is 34.9 Å². The van der Waals surface area contributed by atoms with Crippen molar-refractivity contribution >= 4 is 35.0 Å². The first kappa shape index (κ1) is 24.0. The molecule has 0 bridgehead atoms. The molecule has 30 heavy (non-hydrogen) atoms. The molecule has 0 aromatic heterocycles. The highest BCUT2D eigenvalue weighted by molar-refractivity contribution is 6.42. The Hall–Kier alpha value is -2.24. The SMILES string of the molecule is CCC(C(=O)NC(C)(C)C)N(Cc1ccc(Cl)c(Cl)c1)C(=O)COc1ccccc1. The van der Waals surface area contributed by atoms with Crippen molar-refractivity contribution in [2.45, 2.75) is 52.2 Å². The number of amides is 2. The van der Waals surface area contributed by atoms with Gasteiger partial charge in [-0.05, 0) is 57.0 Å². The molecule has 2 aromatic carbocycles. The molecule has 0 saturated heterocycles. The number of rotatable bonds is 8. The highest BCUT2D eigenvalue weighted by Gasteiger charge is 2.31. The molecule has 0 fully saturated rings. The Labute approximate surface area is 188 Å². The third kappa shape index (κ3) is 7.22. The van der Waals surface area contributed by atoms with Crippen molar-refractivity contribution in [1.82, 2.24) is 10.2 Å². The average molecular weight is 451 g/mol. The summed E-state index contributed by atoms with van der Waals surface area (Å²) in [6.45, 7) is 7.62. The van der Waals surface area contributed by atoms with Crippen LogP contribution in [-0.2, 0) is 16.1 Å². The number of ether oxygens (including phenoxy) is 1. The van der Waals surface area contributed by atoms with Gasteiger partial charge in [0.1, 0.15) is 11.8 Å². The van der Waals surface area contributed by atoms with E-state index < -0.39 is 11.6 Å². The number of carbonyl (C=O) groups excluding carboxylic acids is 2. The quantitative estimate of drug-likeness (QED) is 0.608.